The zero-order valence-electron chi connectivity index (χ0n) is 12.6. The maximum Gasteiger partial charge on any atom is 0.272 e. The molecule has 0 aliphatic rings. The highest BCUT2D eigenvalue weighted by atomic mass is 16.6. The van der Waals surface area contributed by atoms with Crippen LogP contribution in [0.25, 0.3) is 0 Å². The standard InChI is InChI=1S/C15H24N2O3/c1-11-5-6-12(7-14(11)17(19)20)9-16-13(10-18)8-15(2,3)4/h5-7,13,16,18H,8-10H2,1-4H3. The number of hydrogen-bond acceptors (Lipinski definition) is 4. The molecule has 0 aliphatic carbocycles. The molecule has 0 radical (unpaired) electrons. The molecule has 0 aliphatic heterocycles. The van der Waals surface area contributed by atoms with Crippen LogP contribution in [0, 0.1) is 22.5 Å². The van der Waals surface area contributed by atoms with Gasteiger partial charge in [0.25, 0.3) is 5.69 Å². The third kappa shape index (κ3) is 5.27. The van der Waals surface area contributed by atoms with Crippen LogP contribution in [-0.2, 0) is 6.54 Å². The average Bonchev–Trinajstić information content (AvgIpc) is 2.34. The molecule has 5 heteroatoms. The summed E-state index contributed by atoms with van der Waals surface area (Å²) in [5.41, 5.74) is 1.78. The van der Waals surface area contributed by atoms with Crippen LogP contribution in [0.3, 0.4) is 0 Å². The quantitative estimate of drug-likeness (QED) is 0.620. The number of aliphatic hydroxyl groups is 1. The van der Waals surface area contributed by atoms with E-state index < -0.39 is 0 Å². The number of nitrogens with zero attached hydrogens (tertiary/aromatic N) is 1. The van der Waals surface area contributed by atoms with Crippen LogP contribution in [-0.4, -0.2) is 22.7 Å². The smallest absolute Gasteiger partial charge is 0.272 e. The first-order chi connectivity index (χ1) is 9.23. The van der Waals surface area contributed by atoms with Gasteiger partial charge in [-0.05, 0) is 24.3 Å². The molecule has 112 valence electrons. The minimum absolute atomic E-state index is 0.00430. The number of rotatable bonds is 6. The molecule has 1 rings (SSSR count). The van der Waals surface area contributed by atoms with E-state index in [-0.39, 0.29) is 28.7 Å². The second-order valence-corrected chi connectivity index (χ2v) is 6.40. The highest BCUT2D eigenvalue weighted by molar-refractivity contribution is 5.42. The molecule has 0 amide bonds. The molecule has 0 aromatic heterocycles. The largest absolute Gasteiger partial charge is 0.395 e. The predicted molar refractivity (Wildman–Crippen MR) is 79.6 cm³/mol. The van der Waals surface area contributed by atoms with Crippen LogP contribution in [0.2, 0.25) is 0 Å². The van der Waals surface area contributed by atoms with Gasteiger partial charge in [0, 0.05) is 24.2 Å². The molecular formula is C15H24N2O3. The van der Waals surface area contributed by atoms with Gasteiger partial charge in [0.1, 0.15) is 0 Å². The number of benzene rings is 1. The van der Waals surface area contributed by atoms with Crippen molar-refractivity contribution in [2.75, 3.05) is 6.61 Å². The second-order valence-electron chi connectivity index (χ2n) is 6.40. The Morgan fingerprint density at radius 2 is 2.05 bits per heavy atom. The monoisotopic (exact) mass is 280 g/mol. The van der Waals surface area contributed by atoms with Crippen molar-refractivity contribution in [3.05, 3.63) is 39.4 Å². The van der Waals surface area contributed by atoms with Crippen molar-refractivity contribution < 1.29 is 10.0 Å². The second kappa shape index (κ2) is 6.81. The van der Waals surface area contributed by atoms with E-state index in [1.807, 2.05) is 6.07 Å². The van der Waals surface area contributed by atoms with Crippen molar-refractivity contribution in [2.45, 2.75) is 46.7 Å². The van der Waals surface area contributed by atoms with Gasteiger partial charge in [0.2, 0.25) is 0 Å². The van der Waals surface area contributed by atoms with E-state index in [2.05, 4.69) is 26.1 Å². The molecule has 0 saturated carbocycles. The predicted octanol–water partition coefficient (Wildman–Crippen LogP) is 2.79. The Kier molecular flexibility index (Phi) is 5.65. The molecule has 0 fully saturated rings. The molecule has 2 N–H and O–H groups in total. The van der Waals surface area contributed by atoms with Crippen LogP contribution >= 0.6 is 0 Å². The molecule has 20 heavy (non-hydrogen) atoms. The fourth-order valence-electron chi connectivity index (χ4n) is 2.16. The van der Waals surface area contributed by atoms with Crippen molar-refractivity contribution in [2.24, 2.45) is 5.41 Å². The SMILES string of the molecule is Cc1ccc(CNC(CO)CC(C)(C)C)cc1[N+](=O)[O-]. The zero-order chi connectivity index (χ0) is 15.3. The summed E-state index contributed by atoms with van der Waals surface area (Å²) in [6, 6.07) is 5.22. The Hall–Kier alpha value is -1.46. The van der Waals surface area contributed by atoms with Gasteiger partial charge in [0.15, 0.2) is 0 Å². The van der Waals surface area contributed by atoms with Crippen molar-refractivity contribution in [1.82, 2.24) is 5.32 Å². The first-order valence-electron chi connectivity index (χ1n) is 6.81. The van der Waals surface area contributed by atoms with Crippen LogP contribution < -0.4 is 5.32 Å². The molecule has 1 atom stereocenters. The number of nitro groups is 1. The molecule has 0 saturated heterocycles. The first-order valence-corrected chi connectivity index (χ1v) is 6.81. The Balaban J connectivity index is 2.69. The first kappa shape index (κ1) is 16.6. The normalized spacial score (nSPS) is 13.2. The van der Waals surface area contributed by atoms with Crippen LogP contribution in [0.15, 0.2) is 18.2 Å². The lowest BCUT2D eigenvalue weighted by atomic mass is 9.88. The fourth-order valence-corrected chi connectivity index (χ4v) is 2.16. The molecule has 1 aromatic carbocycles. The van der Waals surface area contributed by atoms with E-state index in [1.54, 1.807) is 19.1 Å². The van der Waals surface area contributed by atoms with E-state index in [4.69, 9.17) is 0 Å². The lowest BCUT2D eigenvalue weighted by molar-refractivity contribution is -0.385. The number of aliphatic hydroxyl groups excluding tert-OH is 1. The Morgan fingerprint density at radius 1 is 1.40 bits per heavy atom. The number of hydrogen-bond donors (Lipinski definition) is 2. The van der Waals surface area contributed by atoms with E-state index in [1.165, 1.54) is 0 Å². The van der Waals surface area contributed by atoms with Crippen molar-refractivity contribution in [3.8, 4) is 0 Å². The lowest BCUT2D eigenvalue weighted by Gasteiger charge is -2.25. The fraction of sp³-hybridized carbons (Fsp3) is 0.600. The Labute approximate surface area is 120 Å². The summed E-state index contributed by atoms with van der Waals surface area (Å²) in [7, 11) is 0. The third-order valence-electron chi connectivity index (χ3n) is 3.14. The summed E-state index contributed by atoms with van der Waals surface area (Å²) in [5, 5.41) is 23.5. The summed E-state index contributed by atoms with van der Waals surface area (Å²) in [6.45, 7) is 8.66. The van der Waals surface area contributed by atoms with Gasteiger partial charge in [-0.3, -0.25) is 10.1 Å². The van der Waals surface area contributed by atoms with Crippen LogP contribution in [0.4, 0.5) is 5.69 Å². The molecule has 5 nitrogen and oxygen atoms in total. The lowest BCUT2D eigenvalue weighted by Crippen LogP contribution is -2.35. The zero-order valence-corrected chi connectivity index (χ0v) is 12.6. The summed E-state index contributed by atoms with van der Waals surface area (Å²) >= 11 is 0. The van der Waals surface area contributed by atoms with E-state index in [0.717, 1.165) is 12.0 Å². The Bertz CT molecular complexity index is 467. The molecule has 1 aromatic rings. The van der Waals surface area contributed by atoms with E-state index >= 15 is 0 Å². The highest BCUT2D eigenvalue weighted by Crippen LogP contribution is 2.22. The topological polar surface area (TPSA) is 75.4 Å². The van der Waals surface area contributed by atoms with Gasteiger partial charge in [-0.2, -0.15) is 0 Å². The van der Waals surface area contributed by atoms with Crippen LogP contribution in [0.1, 0.15) is 38.3 Å². The maximum atomic E-state index is 10.9. The summed E-state index contributed by atoms with van der Waals surface area (Å²) in [6.07, 6.45) is 0.845. The Morgan fingerprint density at radius 3 is 2.55 bits per heavy atom. The average molecular weight is 280 g/mol. The van der Waals surface area contributed by atoms with Crippen molar-refractivity contribution in [1.29, 1.82) is 0 Å². The van der Waals surface area contributed by atoms with Crippen molar-refractivity contribution >= 4 is 5.69 Å². The summed E-state index contributed by atoms with van der Waals surface area (Å²) < 4.78 is 0. The van der Waals surface area contributed by atoms with Gasteiger partial charge >= 0.3 is 0 Å². The number of nitro benzene ring substituents is 1. The molecule has 0 heterocycles. The maximum absolute atomic E-state index is 10.9. The highest BCUT2D eigenvalue weighted by Gasteiger charge is 2.18. The van der Waals surface area contributed by atoms with Gasteiger partial charge in [-0.1, -0.05) is 32.9 Å². The van der Waals surface area contributed by atoms with Gasteiger partial charge < -0.3 is 10.4 Å². The third-order valence-corrected chi connectivity index (χ3v) is 3.14. The number of nitrogens with one attached hydrogen (secondary N) is 1. The molecule has 0 bridgehead atoms. The van der Waals surface area contributed by atoms with E-state index in [0.29, 0.717) is 12.1 Å². The molecule has 1 unspecified atom stereocenters. The van der Waals surface area contributed by atoms with Gasteiger partial charge in [0.05, 0.1) is 11.5 Å². The molecular weight excluding hydrogens is 256 g/mol. The molecule has 0 spiro atoms. The van der Waals surface area contributed by atoms with Crippen molar-refractivity contribution in [3.63, 3.8) is 0 Å². The number of aryl methyl sites for hydroxylation is 1. The summed E-state index contributed by atoms with van der Waals surface area (Å²) in [4.78, 5) is 10.5. The van der Waals surface area contributed by atoms with E-state index in [9.17, 15) is 15.2 Å². The minimum atomic E-state index is -0.364. The van der Waals surface area contributed by atoms with Crippen LogP contribution in [0.5, 0.6) is 0 Å². The summed E-state index contributed by atoms with van der Waals surface area (Å²) in [5.74, 6) is 0. The van der Waals surface area contributed by atoms with Gasteiger partial charge in [-0.25, -0.2) is 0 Å². The van der Waals surface area contributed by atoms with Gasteiger partial charge in [-0.15, -0.1) is 0 Å². The minimum Gasteiger partial charge on any atom is -0.395 e.